The first-order valence-corrected chi connectivity index (χ1v) is 6.40. The summed E-state index contributed by atoms with van der Waals surface area (Å²) in [4.78, 5) is 10.1. The maximum atomic E-state index is 13.8. The van der Waals surface area contributed by atoms with E-state index in [9.17, 15) is 4.39 Å². The summed E-state index contributed by atoms with van der Waals surface area (Å²) in [5.74, 6) is 0.478. The first-order valence-electron chi connectivity index (χ1n) is 6.40. The molecule has 1 saturated heterocycles. The fourth-order valence-corrected chi connectivity index (χ4v) is 1.86. The van der Waals surface area contributed by atoms with Crippen LogP contribution in [0.5, 0.6) is 0 Å². The second-order valence-electron chi connectivity index (χ2n) is 4.24. The predicted molar refractivity (Wildman–Crippen MR) is 68.4 cm³/mol. The van der Waals surface area contributed by atoms with Crippen LogP contribution < -0.4 is 10.2 Å². The number of anilines is 2. The monoisotopic (exact) mass is 254 g/mol. The molecule has 0 radical (unpaired) electrons. The lowest BCUT2D eigenvalue weighted by Gasteiger charge is -2.21. The summed E-state index contributed by atoms with van der Waals surface area (Å²) in [5, 5.41) is 3.07. The molecule has 18 heavy (non-hydrogen) atoms. The van der Waals surface area contributed by atoms with Crippen molar-refractivity contribution in [3.8, 4) is 0 Å². The maximum absolute atomic E-state index is 13.8. The third-order valence-electron chi connectivity index (χ3n) is 2.78. The van der Waals surface area contributed by atoms with E-state index in [2.05, 4.69) is 22.2 Å². The summed E-state index contributed by atoms with van der Waals surface area (Å²) in [6.45, 7) is 5.62. The third-order valence-corrected chi connectivity index (χ3v) is 2.78. The third kappa shape index (κ3) is 3.29. The number of hydrogen-bond donors (Lipinski definition) is 1. The Balaban J connectivity index is 2.13. The van der Waals surface area contributed by atoms with Crippen LogP contribution in [0.2, 0.25) is 0 Å². The van der Waals surface area contributed by atoms with Gasteiger partial charge in [0.2, 0.25) is 5.95 Å². The first-order chi connectivity index (χ1) is 8.81. The van der Waals surface area contributed by atoms with E-state index >= 15 is 0 Å². The summed E-state index contributed by atoms with van der Waals surface area (Å²) in [5.41, 5.74) is 0. The van der Waals surface area contributed by atoms with Crippen molar-refractivity contribution in [2.24, 2.45) is 0 Å². The molecule has 0 amide bonds. The Morgan fingerprint density at radius 1 is 1.44 bits per heavy atom. The quantitative estimate of drug-likeness (QED) is 0.885. The Bertz CT molecular complexity index is 380. The lowest BCUT2D eigenvalue weighted by Crippen LogP contribution is -2.28. The minimum atomic E-state index is -0.376. The van der Waals surface area contributed by atoms with Crippen molar-refractivity contribution in [2.75, 3.05) is 43.1 Å². The molecule has 5 nitrogen and oxygen atoms in total. The fraction of sp³-hybridized carbons (Fsp3) is 0.667. The SMILES string of the molecule is CCCNc1ncc(F)c(N2CCCOCC2)n1. The lowest BCUT2D eigenvalue weighted by molar-refractivity contribution is 0.152. The number of ether oxygens (including phenoxy) is 1. The van der Waals surface area contributed by atoms with Gasteiger partial charge >= 0.3 is 0 Å². The normalized spacial score (nSPS) is 16.4. The van der Waals surface area contributed by atoms with Crippen LogP contribution in [-0.2, 0) is 4.74 Å². The van der Waals surface area contributed by atoms with E-state index in [1.807, 2.05) is 4.90 Å². The van der Waals surface area contributed by atoms with Crippen LogP contribution >= 0.6 is 0 Å². The number of rotatable bonds is 4. The fourth-order valence-electron chi connectivity index (χ4n) is 1.86. The summed E-state index contributed by atoms with van der Waals surface area (Å²) in [7, 11) is 0. The zero-order valence-electron chi connectivity index (χ0n) is 10.7. The van der Waals surface area contributed by atoms with Gasteiger partial charge < -0.3 is 15.0 Å². The lowest BCUT2D eigenvalue weighted by atomic mass is 10.4. The average molecular weight is 254 g/mol. The molecule has 1 fully saturated rings. The van der Waals surface area contributed by atoms with E-state index in [1.165, 1.54) is 6.20 Å². The minimum absolute atomic E-state index is 0.370. The van der Waals surface area contributed by atoms with Gasteiger partial charge in [-0.1, -0.05) is 6.92 Å². The van der Waals surface area contributed by atoms with Gasteiger partial charge in [-0.2, -0.15) is 4.98 Å². The number of halogens is 1. The Labute approximate surface area is 106 Å². The molecule has 0 saturated carbocycles. The van der Waals surface area contributed by atoms with E-state index < -0.39 is 0 Å². The van der Waals surface area contributed by atoms with E-state index in [0.29, 0.717) is 24.9 Å². The van der Waals surface area contributed by atoms with Gasteiger partial charge in [0.25, 0.3) is 0 Å². The molecule has 1 aliphatic heterocycles. The molecule has 1 N–H and O–H groups in total. The molecular formula is C12H19FN4O. The van der Waals surface area contributed by atoms with Gasteiger partial charge in [0, 0.05) is 26.2 Å². The van der Waals surface area contributed by atoms with Gasteiger partial charge in [-0.05, 0) is 12.8 Å². The van der Waals surface area contributed by atoms with E-state index in [4.69, 9.17) is 4.74 Å². The van der Waals surface area contributed by atoms with Crippen LogP contribution in [0, 0.1) is 5.82 Å². The Kier molecular flexibility index (Phi) is 4.69. The minimum Gasteiger partial charge on any atom is -0.380 e. The molecule has 0 atom stereocenters. The molecular weight excluding hydrogens is 235 g/mol. The van der Waals surface area contributed by atoms with Gasteiger partial charge in [0.05, 0.1) is 12.8 Å². The molecule has 1 aliphatic rings. The Hall–Kier alpha value is -1.43. The van der Waals surface area contributed by atoms with Crippen LogP contribution in [-0.4, -0.2) is 42.8 Å². The van der Waals surface area contributed by atoms with Crippen molar-refractivity contribution < 1.29 is 9.13 Å². The molecule has 1 aromatic rings. The Morgan fingerprint density at radius 2 is 2.33 bits per heavy atom. The molecule has 0 aromatic carbocycles. The summed E-state index contributed by atoms with van der Waals surface area (Å²) in [6.07, 6.45) is 3.10. The molecule has 0 bridgehead atoms. The van der Waals surface area contributed by atoms with E-state index in [-0.39, 0.29) is 5.82 Å². The number of nitrogens with one attached hydrogen (secondary N) is 1. The second kappa shape index (κ2) is 6.49. The van der Waals surface area contributed by atoms with Crippen molar-refractivity contribution >= 4 is 11.8 Å². The molecule has 0 spiro atoms. The van der Waals surface area contributed by atoms with Crippen LogP contribution in [0.1, 0.15) is 19.8 Å². The highest BCUT2D eigenvalue weighted by Crippen LogP contribution is 2.18. The summed E-state index contributed by atoms with van der Waals surface area (Å²) >= 11 is 0. The van der Waals surface area contributed by atoms with Crippen molar-refractivity contribution in [3.63, 3.8) is 0 Å². The maximum Gasteiger partial charge on any atom is 0.224 e. The molecule has 2 heterocycles. The first kappa shape index (κ1) is 13.0. The van der Waals surface area contributed by atoms with Crippen molar-refractivity contribution in [3.05, 3.63) is 12.0 Å². The standard InChI is InChI=1S/C12H19FN4O/c1-2-4-14-12-15-9-10(13)11(16-12)17-5-3-7-18-8-6-17/h9H,2-8H2,1H3,(H,14,15,16). The van der Waals surface area contributed by atoms with Crippen molar-refractivity contribution in [1.29, 1.82) is 0 Å². The molecule has 0 aliphatic carbocycles. The van der Waals surface area contributed by atoms with Crippen molar-refractivity contribution in [1.82, 2.24) is 9.97 Å². The predicted octanol–water partition coefficient (Wildman–Crippen LogP) is 1.66. The van der Waals surface area contributed by atoms with Gasteiger partial charge in [-0.3, -0.25) is 0 Å². The van der Waals surface area contributed by atoms with E-state index in [1.54, 1.807) is 0 Å². The van der Waals surface area contributed by atoms with Crippen LogP contribution in [0.4, 0.5) is 16.2 Å². The highest BCUT2D eigenvalue weighted by Gasteiger charge is 2.16. The summed E-state index contributed by atoms with van der Waals surface area (Å²) < 4.78 is 19.1. The van der Waals surface area contributed by atoms with Gasteiger partial charge in [0.1, 0.15) is 0 Å². The molecule has 0 unspecified atom stereocenters. The molecule has 2 rings (SSSR count). The van der Waals surface area contributed by atoms with Gasteiger partial charge in [-0.25, -0.2) is 9.37 Å². The van der Waals surface area contributed by atoms with Crippen LogP contribution in [0.25, 0.3) is 0 Å². The molecule has 1 aromatic heterocycles. The zero-order valence-corrected chi connectivity index (χ0v) is 10.7. The second-order valence-corrected chi connectivity index (χ2v) is 4.24. The highest BCUT2D eigenvalue weighted by molar-refractivity contribution is 5.44. The average Bonchev–Trinajstić information content (AvgIpc) is 2.66. The van der Waals surface area contributed by atoms with Gasteiger partial charge in [0.15, 0.2) is 11.6 Å². The van der Waals surface area contributed by atoms with Gasteiger partial charge in [-0.15, -0.1) is 0 Å². The van der Waals surface area contributed by atoms with Crippen LogP contribution in [0.3, 0.4) is 0 Å². The zero-order chi connectivity index (χ0) is 12.8. The number of aromatic nitrogens is 2. The number of nitrogens with zero attached hydrogens (tertiary/aromatic N) is 3. The number of hydrogen-bond acceptors (Lipinski definition) is 5. The van der Waals surface area contributed by atoms with Crippen LogP contribution in [0.15, 0.2) is 6.20 Å². The topological polar surface area (TPSA) is 50.3 Å². The van der Waals surface area contributed by atoms with Crippen molar-refractivity contribution in [2.45, 2.75) is 19.8 Å². The van der Waals surface area contributed by atoms with E-state index in [0.717, 1.165) is 32.5 Å². The molecule has 100 valence electrons. The largest absolute Gasteiger partial charge is 0.380 e. The Morgan fingerprint density at radius 3 is 3.17 bits per heavy atom. The molecule has 6 heteroatoms. The summed E-state index contributed by atoms with van der Waals surface area (Å²) in [6, 6.07) is 0. The highest BCUT2D eigenvalue weighted by atomic mass is 19.1. The smallest absolute Gasteiger partial charge is 0.224 e.